The minimum atomic E-state index is -0.232. The van der Waals surface area contributed by atoms with E-state index in [1.54, 1.807) is 6.92 Å². The highest BCUT2D eigenvalue weighted by Crippen LogP contribution is 2.41. The normalized spacial score (nSPS) is 16.7. The molecule has 0 aliphatic carbocycles. The third-order valence-electron chi connectivity index (χ3n) is 3.33. The Balaban J connectivity index is 2.13. The molecule has 1 aromatic heterocycles. The summed E-state index contributed by atoms with van der Waals surface area (Å²) < 4.78 is 6.90. The fourth-order valence-corrected chi connectivity index (χ4v) is 3.80. The van der Waals surface area contributed by atoms with Crippen molar-refractivity contribution in [3.63, 3.8) is 0 Å². The van der Waals surface area contributed by atoms with Crippen molar-refractivity contribution in [3.05, 3.63) is 29.6 Å². The van der Waals surface area contributed by atoms with E-state index in [9.17, 15) is 9.59 Å². The van der Waals surface area contributed by atoms with Crippen molar-refractivity contribution in [1.82, 2.24) is 9.65 Å². The number of ether oxygens (including phenoxy) is 1. The van der Waals surface area contributed by atoms with Gasteiger partial charge in [0.15, 0.2) is 0 Å². The number of hydrogen-bond acceptors (Lipinski definition) is 4. The van der Waals surface area contributed by atoms with Gasteiger partial charge < -0.3 is 9.41 Å². The van der Waals surface area contributed by atoms with E-state index in [-0.39, 0.29) is 32.7 Å². The molecule has 1 fully saturated rings. The predicted octanol–water partition coefficient (Wildman–Crippen LogP) is 2.60. The van der Waals surface area contributed by atoms with E-state index in [2.05, 4.69) is 4.98 Å². The second-order valence-electron chi connectivity index (χ2n) is 5.04. The maximum atomic E-state index is 11.8. The average Bonchev–Trinajstić information content (AvgIpc) is 2.84. The first kappa shape index (κ1) is 15.9. The number of carbonyl (C=O) groups is 2. The minimum absolute atomic E-state index is 0.0778. The highest BCUT2D eigenvalue weighted by atomic mass is 31.1. The van der Waals surface area contributed by atoms with Gasteiger partial charge in [-0.15, -0.1) is 0 Å². The van der Waals surface area contributed by atoms with Crippen LogP contribution in [-0.4, -0.2) is 34.7 Å². The number of amides is 1. The van der Waals surface area contributed by atoms with E-state index < -0.39 is 0 Å². The van der Waals surface area contributed by atoms with Gasteiger partial charge in [0.25, 0.3) is 0 Å². The largest absolute Gasteiger partial charge is 0.466 e. The molecule has 2 atom stereocenters. The van der Waals surface area contributed by atoms with Crippen molar-refractivity contribution >= 4 is 20.6 Å². The van der Waals surface area contributed by atoms with Crippen LogP contribution in [0.25, 0.3) is 0 Å². The molecule has 0 N–H and O–H groups in total. The van der Waals surface area contributed by atoms with Crippen LogP contribution in [0.5, 0.6) is 0 Å². The Labute approximate surface area is 126 Å². The summed E-state index contributed by atoms with van der Waals surface area (Å²) in [6, 6.07) is 5.78. The van der Waals surface area contributed by atoms with Gasteiger partial charge in [-0.1, -0.05) is 6.07 Å². The summed E-state index contributed by atoms with van der Waals surface area (Å²) in [5.74, 6) is -0.0557. The first-order chi connectivity index (χ1) is 10.1. The van der Waals surface area contributed by atoms with Gasteiger partial charge in [-0.05, 0) is 41.1 Å². The number of carbonyl (C=O) groups excluding carboxylic acids is 2. The van der Waals surface area contributed by atoms with Gasteiger partial charge in [-0.2, -0.15) is 0 Å². The van der Waals surface area contributed by atoms with E-state index in [1.165, 1.54) is 0 Å². The molecule has 1 aliphatic heterocycles. The van der Waals surface area contributed by atoms with Crippen molar-refractivity contribution < 1.29 is 14.3 Å². The van der Waals surface area contributed by atoms with Crippen molar-refractivity contribution in [2.24, 2.45) is 0 Å². The van der Waals surface area contributed by atoms with Crippen LogP contribution in [0.3, 0.4) is 0 Å². The molecule has 0 bridgehead atoms. The summed E-state index contributed by atoms with van der Waals surface area (Å²) >= 11 is 0. The van der Waals surface area contributed by atoms with Gasteiger partial charge in [0, 0.05) is 24.3 Å². The van der Waals surface area contributed by atoms with Gasteiger partial charge in [-0.3, -0.25) is 14.6 Å². The molecular weight excluding hydrogens is 287 g/mol. The van der Waals surface area contributed by atoms with Crippen molar-refractivity contribution in [1.29, 1.82) is 0 Å². The second-order valence-corrected chi connectivity index (χ2v) is 6.54. The maximum Gasteiger partial charge on any atom is 0.306 e. The molecule has 1 saturated heterocycles. The van der Waals surface area contributed by atoms with Gasteiger partial charge in [-0.25, -0.2) is 0 Å². The zero-order chi connectivity index (χ0) is 15.2. The van der Waals surface area contributed by atoms with Crippen LogP contribution in [0, 0.1) is 6.92 Å². The fraction of sp³-hybridized carbons (Fsp3) is 0.533. The zero-order valence-corrected chi connectivity index (χ0v) is 13.5. The zero-order valence-electron chi connectivity index (χ0n) is 12.5. The lowest BCUT2D eigenvalue weighted by atomic mass is 10.2. The minimum Gasteiger partial charge on any atom is -0.466 e. The van der Waals surface area contributed by atoms with E-state index in [0.29, 0.717) is 13.0 Å². The lowest BCUT2D eigenvalue weighted by Gasteiger charge is -2.23. The Morgan fingerprint density at radius 1 is 1.52 bits per heavy atom. The molecule has 0 radical (unpaired) electrons. The molecule has 1 amide bonds. The topological polar surface area (TPSA) is 59.5 Å². The smallest absolute Gasteiger partial charge is 0.306 e. The summed E-state index contributed by atoms with van der Waals surface area (Å²) in [6.45, 7) is 4.88. The molecule has 0 aromatic carbocycles. The summed E-state index contributed by atoms with van der Waals surface area (Å²) in [4.78, 5) is 28.1. The van der Waals surface area contributed by atoms with E-state index in [4.69, 9.17) is 4.74 Å². The number of esters is 1. The van der Waals surface area contributed by atoms with Gasteiger partial charge in [0.2, 0.25) is 5.91 Å². The first-order valence-electron chi connectivity index (χ1n) is 7.26. The van der Waals surface area contributed by atoms with Crippen molar-refractivity contribution in [3.8, 4) is 0 Å². The molecule has 2 heterocycles. The Hall–Kier alpha value is -1.48. The molecule has 2 unspecified atom stereocenters. The van der Waals surface area contributed by atoms with Crippen LogP contribution < -0.4 is 0 Å². The Kier molecular flexibility index (Phi) is 5.68. The van der Waals surface area contributed by atoms with Crippen molar-refractivity contribution in [2.45, 2.75) is 38.8 Å². The monoisotopic (exact) mass is 308 g/mol. The van der Waals surface area contributed by atoms with E-state index >= 15 is 0 Å². The standard InChI is InChI=1S/C15H21N2O3P/c1-3-20-15(19)10-13(12-7-4-6-11(2)16-12)21-17-9-5-8-14(17)18/h4,6-7,13,21H,3,5,8-10H2,1-2H3. The Morgan fingerprint density at radius 3 is 2.95 bits per heavy atom. The van der Waals surface area contributed by atoms with Crippen LogP contribution in [0.1, 0.15) is 43.2 Å². The summed E-state index contributed by atoms with van der Waals surface area (Å²) in [5.41, 5.74) is 1.70. The third-order valence-corrected chi connectivity index (χ3v) is 4.92. The molecule has 21 heavy (non-hydrogen) atoms. The van der Waals surface area contributed by atoms with Gasteiger partial charge >= 0.3 is 5.97 Å². The summed E-state index contributed by atoms with van der Waals surface area (Å²) in [5, 5.41) is 0. The van der Waals surface area contributed by atoms with Gasteiger partial charge in [0.1, 0.15) is 0 Å². The van der Waals surface area contributed by atoms with Crippen LogP contribution in [-0.2, 0) is 14.3 Å². The Bertz CT molecular complexity index is 521. The molecule has 1 aromatic rings. The maximum absolute atomic E-state index is 11.8. The predicted molar refractivity (Wildman–Crippen MR) is 82.2 cm³/mol. The molecule has 2 rings (SSSR count). The number of pyridine rings is 1. The number of aryl methyl sites for hydroxylation is 1. The van der Waals surface area contributed by atoms with Crippen LogP contribution in [0.4, 0.5) is 0 Å². The summed E-state index contributed by atoms with van der Waals surface area (Å²) in [6.07, 6.45) is 1.78. The lowest BCUT2D eigenvalue weighted by Crippen LogP contribution is -2.18. The molecule has 5 nitrogen and oxygen atoms in total. The number of aromatic nitrogens is 1. The SMILES string of the molecule is CCOC(=O)CC(PN1CCCC1=O)c1cccc(C)n1. The fourth-order valence-electron chi connectivity index (χ4n) is 2.33. The molecule has 1 aliphatic rings. The Morgan fingerprint density at radius 2 is 2.33 bits per heavy atom. The third kappa shape index (κ3) is 4.50. The first-order valence-corrected chi connectivity index (χ1v) is 8.28. The summed E-state index contributed by atoms with van der Waals surface area (Å²) in [7, 11) is 0.249. The van der Waals surface area contributed by atoms with Crippen molar-refractivity contribution in [2.75, 3.05) is 13.2 Å². The van der Waals surface area contributed by atoms with E-state index in [0.717, 1.165) is 24.4 Å². The van der Waals surface area contributed by atoms with Gasteiger partial charge in [0.05, 0.1) is 18.7 Å². The number of nitrogens with zero attached hydrogens (tertiary/aromatic N) is 2. The molecule has 6 heteroatoms. The number of hydrogen-bond donors (Lipinski definition) is 0. The quantitative estimate of drug-likeness (QED) is 0.599. The molecular formula is C15H21N2O3P. The second kappa shape index (κ2) is 7.51. The lowest BCUT2D eigenvalue weighted by molar-refractivity contribution is -0.143. The highest BCUT2D eigenvalue weighted by Gasteiger charge is 2.27. The van der Waals surface area contributed by atoms with Crippen LogP contribution >= 0.6 is 8.73 Å². The average molecular weight is 308 g/mol. The van der Waals surface area contributed by atoms with E-state index in [1.807, 2.05) is 29.8 Å². The molecule has 114 valence electrons. The molecule has 0 spiro atoms. The highest BCUT2D eigenvalue weighted by molar-refractivity contribution is 7.36. The van der Waals surface area contributed by atoms with Crippen LogP contribution in [0.15, 0.2) is 18.2 Å². The van der Waals surface area contributed by atoms with Crippen LogP contribution in [0.2, 0.25) is 0 Å². The molecule has 0 saturated carbocycles. The number of rotatable bonds is 6.